The highest BCUT2D eigenvalue weighted by Gasteiger charge is 2.20. The summed E-state index contributed by atoms with van der Waals surface area (Å²) in [6.07, 6.45) is 2.13. The van der Waals surface area contributed by atoms with Crippen LogP contribution in [0, 0.1) is 13.8 Å². The number of aromatic nitrogens is 4. The van der Waals surface area contributed by atoms with E-state index in [9.17, 15) is 4.79 Å². The number of nitrogens with one attached hydrogen (secondary N) is 1. The van der Waals surface area contributed by atoms with Gasteiger partial charge in [0.2, 0.25) is 11.1 Å². The number of benzene rings is 1. The topological polar surface area (TPSA) is 72.2 Å². The van der Waals surface area contributed by atoms with Crippen LogP contribution >= 0.6 is 34.7 Å². The van der Waals surface area contributed by atoms with Gasteiger partial charge in [-0.15, -0.1) is 5.10 Å². The van der Waals surface area contributed by atoms with E-state index in [0.717, 1.165) is 28.1 Å². The van der Waals surface area contributed by atoms with Gasteiger partial charge in [-0.25, -0.2) is 9.50 Å². The third-order valence-electron chi connectivity index (χ3n) is 4.93. The molecule has 3 heterocycles. The van der Waals surface area contributed by atoms with Crippen molar-refractivity contribution in [3.8, 4) is 0 Å². The molecule has 4 rings (SSSR count). The van der Waals surface area contributed by atoms with Gasteiger partial charge in [-0.05, 0) is 60.2 Å². The fourth-order valence-electron chi connectivity index (χ4n) is 3.36. The molecule has 0 radical (unpaired) electrons. The van der Waals surface area contributed by atoms with E-state index in [1.54, 1.807) is 15.9 Å². The molecule has 4 aromatic rings. The van der Waals surface area contributed by atoms with E-state index < -0.39 is 0 Å². The molecule has 0 saturated heterocycles. The molecule has 9 heteroatoms. The first-order chi connectivity index (χ1) is 14.5. The Hall–Kier alpha value is -2.42. The zero-order chi connectivity index (χ0) is 21.3. The monoisotopic (exact) mass is 457 g/mol. The molecule has 1 unspecified atom stereocenters. The predicted octanol–water partition coefficient (Wildman–Crippen LogP) is 4.63. The van der Waals surface area contributed by atoms with Gasteiger partial charge < -0.3 is 5.32 Å². The Morgan fingerprint density at radius 2 is 1.97 bits per heavy atom. The molecule has 0 spiro atoms. The van der Waals surface area contributed by atoms with Crippen LogP contribution in [-0.2, 0) is 11.2 Å². The van der Waals surface area contributed by atoms with Crippen molar-refractivity contribution >= 4 is 46.4 Å². The van der Waals surface area contributed by atoms with E-state index in [-0.39, 0.29) is 18.4 Å². The van der Waals surface area contributed by atoms with Gasteiger partial charge in [0.1, 0.15) is 0 Å². The first kappa shape index (κ1) is 20.8. The average molecular weight is 458 g/mol. The Kier molecular flexibility index (Phi) is 6.08. The average Bonchev–Trinajstić information content (AvgIpc) is 3.40. The molecule has 1 N–H and O–H groups in total. The van der Waals surface area contributed by atoms with Crippen LogP contribution in [0.3, 0.4) is 0 Å². The molecule has 0 bridgehead atoms. The third-order valence-corrected chi connectivity index (χ3v) is 6.43. The number of carbonyl (C=O) groups is 1. The Labute approximate surface area is 187 Å². The van der Waals surface area contributed by atoms with Crippen LogP contribution in [0.25, 0.3) is 5.78 Å². The third kappa shape index (κ3) is 4.21. The lowest BCUT2D eigenvalue weighted by Crippen LogP contribution is -2.31. The summed E-state index contributed by atoms with van der Waals surface area (Å²) in [5.74, 6) is 0.467. The Morgan fingerprint density at radius 3 is 2.63 bits per heavy atom. The molecule has 0 fully saturated rings. The minimum atomic E-state index is -0.243. The molecule has 0 saturated carbocycles. The van der Waals surface area contributed by atoms with Gasteiger partial charge in [0.05, 0.1) is 12.5 Å². The SMILES string of the molecule is CSc1nc2nc(C)c(CC(=O)NC(c3ccc(Cl)cc3)c3ccsc3)c(C)n2n1. The summed E-state index contributed by atoms with van der Waals surface area (Å²) in [6.45, 7) is 3.84. The smallest absolute Gasteiger partial charge is 0.253 e. The summed E-state index contributed by atoms with van der Waals surface area (Å²) < 4.78 is 1.71. The predicted molar refractivity (Wildman–Crippen MR) is 121 cm³/mol. The van der Waals surface area contributed by atoms with Crippen LogP contribution in [0.2, 0.25) is 5.02 Å². The lowest BCUT2D eigenvalue weighted by molar-refractivity contribution is -0.121. The molecule has 0 aliphatic carbocycles. The minimum absolute atomic E-state index is 0.0845. The normalized spacial score (nSPS) is 12.3. The number of hydrogen-bond acceptors (Lipinski definition) is 6. The quantitative estimate of drug-likeness (QED) is 0.427. The van der Waals surface area contributed by atoms with E-state index in [4.69, 9.17) is 11.6 Å². The highest BCUT2D eigenvalue weighted by molar-refractivity contribution is 7.98. The zero-order valence-corrected chi connectivity index (χ0v) is 19.1. The first-order valence-electron chi connectivity index (χ1n) is 9.30. The van der Waals surface area contributed by atoms with Crippen LogP contribution < -0.4 is 5.32 Å². The summed E-state index contributed by atoms with van der Waals surface area (Å²) in [5.41, 5.74) is 4.54. The number of thiophene rings is 1. The summed E-state index contributed by atoms with van der Waals surface area (Å²) in [6, 6.07) is 9.33. The maximum absolute atomic E-state index is 13.0. The van der Waals surface area contributed by atoms with Crippen LogP contribution in [0.4, 0.5) is 0 Å². The van der Waals surface area contributed by atoms with Crippen LogP contribution in [0.5, 0.6) is 0 Å². The van der Waals surface area contributed by atoms with E-state index in [0.29, 0.717) is 16.0 Å². The van der Waals surface area contributed by atoms with Crippen molar-refractivity contribution in [2.45, 2.75) is 31.5 Å². The fourth-order valence-corrected chi connectivity index (χ4v) is 4.51. The number of halogens is 1. The van der Waals surface area contributed by atoms with Crippen molar-refractivity contribution in [1.82, 2.24) is 24.9 Å². The molecule has 0 aliphatic heterocycles. The van der Waals surface area contributed by atoms with Crippen LogP contribution in [0.1, 0.15) is 34.1 Å². The molecule has 1 aromatic carbocycles. The number of thioether (sulfide) groups is 1. The summed E-state index contributed by atoms with van der Waals surface area (Å²) in [7, 11) is 0. The van der Waals surface area contributed by atoms with Gasteiger partial charge in [-0.1, -0.05) is 35.5 Å². The number of amides is 1. The second-order valence-electron chi connectivity index (χ2n) is 6.86. The highest BCUT2D eigenvalue weighted by atomic mass is 35.5. The molecule has 30 heavy (non-hydrogen) atoms. The molecule has 3 aromatic heterocycles. The van der Waals surface area contributed by atoms with Crippen molar-refractivity contribution in [3.05, 3.63) is 74.2 Å². The Balaban J connectivity index is 1.62. The maximum Gasteiger partial charge on any atom is 0.253 e. The summed E-state index contributed by atoms with van der Waals surface area (Å²) >= 11 is 9.11. The molecule has 154 valence electrons. The van der Waals surface area contributed by atoms with Gasteiger partial charge in [-0.2, -0.15) is 16.3 Å². The Bertz CT molecular complexity index is 1190. The van der Waals surface area contributed by atoms with Crippen molar-refractivity contribution < 1.29 is 4.79 Å². The van der Waals surface area contributed by atoms with Crippen molar-refractivity contribution in [2.75, 3.05) is 6.26 Å². The number of rotatable bonds is 6. The first-order valence-corrected chi connectivity index (χ1v) is 11.8. The van der Waals surface area contributed by atoms with Gasteiger partial charge in [0.15, 0.2) is 0 Å². The fraction of sp³-hybridized carbons (Fsp3) is 0.238. The van der Waals surface area contributed by atoms with E-state index in [2.05, 4.69) is 20.4 Å². The second-order valence-corrected chi connectivity index (χ2v) is 8.85. The van der Waals surface area contributed by atoms with Crippen molar-refractivity contribution in [2.24, 2.45) is 0 Å². The standard InChI is InChI=1S/C21H20ClN5OS2/c1-12-17(13(2)27-20(23-12)25-21(26-27)29-3)10-18(28)24-19(15-8-9-30-11-15)14-4-6-16(22)7-5-14/h4-9,11,19H,10H2,1-3H3,(H,24,28). The molecular weight excluding hydrogens is 438 g/mol. The minimum Gasteiger partial charge on any atom is -0.345 e. The second kappa shape index (κ2) is 8.75. The number of fused-ring (bicyclic) bond motifs is 1. The number of hydrogen-bond donors (Lipinski definition) is 1. The number of aryl methyl sites for hydroxylation is 2. The van der Waals surface area contributed by atoms with Crippen LogP contribution in [0.15, 0.2) is 46.2 Å². The summed E-state index contributed by atoms with van der Waals surface area (Å²) in [5, 5.41) is 13.0. The van der Waals surface area contributed by atoms with Crippen molar-refractivity contribution in [1.29, 1.82) is 0 Å². The van der Waals surface area contributed by atoms with E-state index in [1.165, 1.54) is 11.8 Å². The lowest BCUT2D eigenvalue weighted by atomic mass is 10.0. The largest absolute Gasteiger partial charge is 0.345 e. The number of nitrogens with zero attached hydrogens (tertiary/aromatic N) is 4. The van der Waals surface area contributed by atoms with Gasteiger partial charge in [0.25, 0.3) is 5.78 Å². The lowest BCUT2D eigenvalue weighted by Gasteiger charge is -2.19. The van der Waals surface area contributed by atoms with Gasteiger partial charge in [0, 0.05) is 22.0 Å². The van der Waals surface area contributed by atoms with Gasteiger partial charge >= 0.3 is 0 Å². The number of carbonyl (C=O) groups excluding carboxylic acids is 1. The molecule has 1 amide bonds. The van der Waals surface area contributed by atoms with E-state index in [1.807, 2.05) is 61.2 Å². The Morgan fingerprint density at radius 1 is 1.20 bits per heavy atom. The molecule has 1 atom stereocenters. The zero-order valence-electron chi connectivity index (χ0n) is 16.7. The maximum atomic E-state index is 13.0. The highest BCUT2D eigenvalue weighted by Crippen LogP contribution is 2.26. The molecular formula is C21H20ClN5OS2. The molecule has 6 nitrogen and oxygen atoms in total. The van der Waals surface area contributed by atoms with Gasteiger partial charge in [-0.3, -0.25) is 4.79 Å². The molecule has 0 aliphatic rings. The van der Waals surface area contributed by atoms with E-state index >= 15 is 0 Å². The van der Waals surface area contributed by atoms with Crippen LogP contribution in [-0.4, -0.2) is 31.7 Å². The summed E-state index contributed by atoms with van der Waals surface area (Å²) in [4.78, 5) is 22.0. The van der Waals surface area contributed by atoms with Crippen molar-refractivity contribution in [3.63, 3.8) is 0 Å².